The van der Waals surface area contributed by atoms with Gasteiger partial charge in [0.25, 0.3) is 5.56 Å². The predicted octanol–water partition coefficient (Wildman–Crippen LogP) is 1.61. The largest absolute Gasteiger partial charge is 0.443 e. The molecule has 10 nitrogen and oxygen atoms in total. The average Bonchev–Trinajstić information content (AvgIpc) is 3.22. The van der Waals surface area contributed by atoms with Gasteiger partial charge in [-0.25, -0.2) is 24.1 Å². The van der Waals surface area contributed by atoms with E-state index in [4.69, 9.17) is 4.74 Å². The zero-order valence-corrected chi connectivity index (χ0v) is 17.4. The van der Waals surface area contributed by atoms with Crippen molar-refractivity contribution < 1.29 is 9.53 Å². The molecular formula is C20H22N6O4. The lowest BCUT2D eigenvalue weighted by Crippen LogP contribution is -2.40. The molecule has 0 saturated heterocycles. The van der Waals surface area contributed by atoms with E-state index in [2.05, 4.69) is 9.97 Å². The number of aryl methyl sites for hydroxylation is 2. The number of imidazole rings is 1. The highest BCUT2D eigenvalue weighted by Gasteiger charge is 2.24. The van der Waals surface area contributed by atoms with Crippen LogP contribution in [0.5, 0.6) is 0 Å². The van der Waals surface area contributed by atoms with Crippen molar-refractivity contribution in [2.75, 3.05) is 0 Å². The molecule has 30 heavy (non-hydrogen) atoms. The van der Waals surface area contributed by atoms with E-state index in [9.17, 15) is 14.4 Å². The van der Waals surface area contributed by atoms with Gasteiger partial charge in [-0.05, 0) is 39.0 Å². The van der Waals surface area contributed by atoms with E-state index in [1.807, 2.05) is 0 Å². The minimum absolute atomic E-state index is 0.123. The number of carbonyl (C=O) groups is 1. The summed E-state index contributed by atoms with van der Waals surface area (Å²) in [5.41, 5.74) is -0.317. The first-order valence-electron chi connectivity index (χ1n) is 9.38. The molecule has 0 spiro atoms. The lowest BCUT2D eigenvalue weighted by atomic mass is 10.2. The molecule has 0 fully saturated rings. The van der Waals surface area contributed by atoms with Crippen LogP contribution in [0, 0.1) is 0 Å². The van der Waals surface area contributed by atoms with Gasteiger partial charge in [0.1, 0.15) is 11.2 Å². The first-order chi connectivity index (χ1) is 14.1. The van der Waals surface area contributed by atoms with Crippen LogP contribution in [-0.4, -0.2) is 39.9 Å². The third-order valence-corrected chi connectivity index (χ3v) is 4.74. The Labute approximate surface area is 171 Å². The van der Waals surface area contributed by atoms with E-state index >= 15 is 0 Å². The molecule has 0 aliphatic rings. The Bertz CT molecular complexity index is 1410. The van der Waals surface area contributed by atoms with Crippen LogP contribution >= 0.6 is 0 Å². The van der Waals surface area contributed by atoms with Crippen LogP contribution in [-0.2, 0) is 25.4 Å². The van der Waals surface area contributed by atoms with Crippen molar-refractivity contribution in [3.63, 3.8) is 0 Å². The Morgan fingerprint density at radius 2 is 1.87 bits per heavy atom. The van der Waals surface area contributed by atoms with Crippen LogP contribution in [0.15, 0.2) is 40.3 Å². The summed E-state index contributed by atoms with van der Waals surface area (Å²) < 4.78 is 10.8. The molecule has 0 aromatic carbocycles. The molecule has 10 heteroatoms. The number of pyridine rings is 1. The molecule has 0 atom stereocenters. The summed E-state index contributed by atoms with van der Waals surface area (Å²) in [5, 5.41) is 0.699. The maximum absolute atomic E-state index is 13.1. The van der Waals surface area contributed by atoms with Crippen LogP contribution < -0.4 is 11.2 Å². The fraction of sp³-hybridized carbons (Fsp3) is 0.350. The van der Waals surface area contributed by atoms with E-state index in [0.717, 1.165) is 4.57 Å². The lowest BCUT2D eigenvalue weighted by molar-refractivity contribution is 0.0539. The van der Waals surface area contributed by atoms with E-state index < -0.39 is 22.9 Å². The summed E-state index contributed by atoms with van der Waals surface area (Å²) in [4.78, 5) is 47.3. The van der Waals surface area contributed by atoms with Gasteiger partial charge < -0.3 is 9.30 Å². The number of aromatic nitrogens is 6. The standard InChI is InChI=1S/C20H22N6O4/c1-20(2,3)30-19(29)26-13(9-12-7-6-8-21-15(12)26)10-25-17(27)14-16(22-11-23(14)4)24(5)18(25)28/h6-9,11H,10H2,1-5H3. The van der Waals surface area contributed by atoms with Gasteiger partial charge in [-0.2, -0.15) is 0 Å². The van der Waals surface area contributed by atoms with Gasteiger partial charge in [0, 0.05) is 25.7 Å². The predicted molar refractivity (Wildman–Crippen MR) is 111 cm³/mol. The van der Waals surface area contributed by atoms with Gasteiger partial charge in [0.05, 0.1) is 18.6 Å². The topological polar surface area (TPSA) is 106 Å². The first kappa shape index (κ1) is 19.6. The second-order valence-corrected chi connectivity index (χ2v) is 8.13. The van der Waals surface area contributed by atoms with E-state index in [1.54, 1.807) is 63.8 Å². The van der Waals surface area contributed by atoms with Gasteiger partial charge in [0.15, 0.2) is 11.2 Å². The number of fused-ring (bicyclic) bond motifs is 2. The van der Waals surface area contributed by atoms with E-state index in [0.29, 0.717) is 27.9 Å². The summed E-state index contributed by atoms with van der Waals surface area (Å²) in [6, 6.07) is 5.28. The fourth-order valence-electron chi connectivity index (χ4n) is 3.41. The Morgan fingerprint density at radius 1 is 1.13 bits per heavy atom. The second-order valence-electron chi connectivity index (χ2n) is 8.13. The molecule has 0 aliphatic carbocycles. The number of nitrogens with zero attached hydrogens (tertiary/aromatic N) is 6. The van der Waals surface area contributed by atoms with Crippen LogP contribution in [0.3, 0.4) is 0 Å². The molecule has 0 amide bonds. The monoisotopic (exact) mass is 410 g/mol. The van der Waals surface area contributed by atoms with Crippen molar-refractivity contribution >= 4 is 28.3 Å². The van der Waals surface area contributed by atoms with E-state index in [1.165, 1.54) is 15.5 Å². The SMILES string of the molecule is Cn1cnc2c1c(=O)n(Cc1cc3cccnc3n1C(=O)OC(C)(C)C)c(=O)n2C. The van der Waals surface area contributed by atoms with Crippen LogP contribution in [0.25, 0.3) is 22.2 Å². The zero-order valence-electron chi connectivity index (χ0n) is 17.4. The number of carbonyl (C=O) groups excluding carboxylic acids is 1. The minimum Gasteiger partial charge on any atom is -0.443 e. The highest BCUT2D eigenvalue weighted by molar-refractivity contribution is 5.88. The molecule has 0 bridgehead atoms. The van der Waals surface area contributed by atoms with Gasteiger partial charge in [-0.3, -0.25) is 13.9 Å². The third-order valence-electron chi connectivity index (χ3n) is 4.74. The second kappa shape index (κ2) is 6.68. The molecule has 4 aromatic heterocycles. The number of ether oxygens (including phenoxy) is 1. The van der Waals surface area contributed by atoms with Crippen molar-refractivity contribution in [1.29, 1.82) is 0 Å². The van der Waals surface area contributed by atoms with Gasteiger partial charge >= 0.3 is 11.8 Å². The van der Waals surface area contributed by atoms with Crippen molar-refractivity contribution in [3.8, 4) is 0 Å². The summed E-state index contributed by atoms with van der Waals surface area (Å²) in [6.45, 7) is 5.17. The highest BCUT2D eigenvalue weighted by atomic mass is 16.6. The number of rotatable bonds is 2. The summed E-state index contributed by atoms with van der Waals surface area (Å²) >= 11 is 0. The smallest absolute Gasteiger partial charge is 0.420 e. The Kier molecular flexibility index (Phi) is 4.37. The molecular weight excluding hydrogens is 388 g/mol. The van der Waals surface area contributed by atoms with Gasteiger partial charge in [-0.15, -0.1) is 0 Å². The Morgan fingerprint density at radius 3 is 2.57 bits per heavy atom. The highest BCUT2D eigenvalue weighted by Crippen LogP contribution is 2.20. The van der Waals surface area contributed by atoms with Crippen LogP contribution in [0.4, 0.5) is 4.79 Å². The van der Waals surface area contributed by atoms with Crippen LogP contribution in [0.1, 0.15) is 26.5 Å². The van der Waals surface area contributed by atoms with Crippen molar-refractivity contribution in [2.24, 2.45) is 14.1 Å². The van der Waals surface area contributed by atoms with Crippen molar-refractivity contribution in [1.82, 2.24) is 28.2 Å². The maximum Gasteiger partial charge on any atom is 0.420 e. The molecule has 0 aliphatic heterocycles. The molecule has 156 valence electrons. The van der Waals surface area contributed by atoms with Gasteiger partial charge in [-0.1, -0.05) is 0 Å². The molecule has 0 radical (unpaired) electrons. The molecule has 0 saturated carbocycles. The maximum atomic E-state index is 13.1. The average molecular weight is 410 g/mol. The molecule has 0 unspecified atom stereocenters. The fourth-order valence-corrected chi connectivity index (χ4v) is 3.41. The van der Waals surface area contributed by atoms with E-state index in [-0.39, 0.29) is 6.54 Å². The minimum atomic E-state index is -0.722. The van der Waals surface area contributed by atoms with Gasteiger partial charge in [0.2, 0.25) is 0 Å². The Hall–Kier alpha value is -3.69. The molecule has 0 N–H and O–H groups in total. The Balaban J connectivity index is 1.93. The molecule has 4 heterocycles. The quantitative estimate of drug-likeness (QED) is 0.497. The lowest BCUT2D eigenvalue weighted by Gasteiger charge is -2.20. The summed E-state index contributed by atoms with van der Waals surface area (Å²) in [5.74, 6) is 0. The number of hydrogen-bond acceptors (Lipinski definition) is 6. The summed E-state index contributed by atoms with van der Waals surface area (Å²) in [7, 11) is 3.24. The molecule has 4 aromatic rings. The van der Waals surface area contributed by atoms with Crippen molar-refractivity contribution in [2.45, 2.75) is 32.9 Å². The summed E-state index contributed by atoms with van der Waals surface area (Å²) in [6.07, 6.45) is 2.43. The normalized spacial score (nSPS) is 12.0. The molecule has 4 rings (SSSR count). The third kappa shape index (κ3) is 3.10. The first-order valence-corrected chi connectivity index (χ1v) is 9.38. The number of hydrogen-bond donors (Lipinski definition) is 0. The van der Waals surface area contributed by atoms with Crippen LogP contribution in [0.2, 0.25) is 0 Å². The zero-order chi connectivity index (χ0) is 21.8. The van der Waals surface area contributed by atoms with Crippen molar-refractivity contribution in [3.05, 3.63) is 57.3 Å².